The number of carbonyl (C=O) groups is 2. The highest BCUT2D eigenvalue weighted by Crippen LogP contribution is 2.30. The van der Waals surface area contributed by atoms with E-state index in [1.165, 1.54) is 0 Å². The van der Waals surface area contributed by atoms with Crippen molar-refractivity contribution in [1.82, 2.24) is 4.98 Å². The Kier molecular flexibility index (Phi) is 4.25. The van der Waals surface area contributed by atoms with E-state index in [-0.39, 0.29) is 16.3 Å². The smallest absolute Gasteiger partial charge is 0.352 e. The van der Waals surface area contributed by atoms with Gasteiger partial charge in [-0.2, -0.15) is 0 Å². The fourth-order valence-electron chi connectivity index (χ4n) is 2.09. The molecule has 0 spiro atoms. The average molecular weight is 327 g/mol. The van der Waals surface area contributed by atoms with Crippen molar-refractivity contribution in [3.8, 4) is 0 Å². The molecule has 1 aromatic heterocycles. The standard InChI is InChI=1S/C14H12Cl2N2O3/c1-6-10(7(2)17-12(6)14(20)21)13(19)18-9-5-3-4-8(15)11(9)16/h3-5,17H,1-2H3,(H,18,19)(H,20,21). The van der Waals surface area contributed by atoms with Crippen LogP contribution >= 0.6 is 23.2 Å². The lowest BCUT2D eigenvalue weighted by Gasteiger charge is -2.08. The summed E-state index contributed by atoms with van der Waals surface area (Å²) in [5, 5.41) is 12.2. The van der Waals surface area contributed by atoms with Gasteiger partial charge in [0.2, 0.25) is 0 Å². The highest BCUT2D eigenvalue weighted by molar-refractivity contribution is 6.44. The Hall–Kier alpha value is -1.98. The predicted octanol–water partition coefficient (Wildman–Crippen LogP) is 3.89. The average Bonchev–Trinajstić information content (AvgIpc) is 2.70. The Morgan fingerprint density at radius 2 is 1.90 bits per heavy atom. The van der Waals surface area contributed by atoms with E-state index in [0.717, 1.165) is 0 Å². The van der Waals surface area contributed by atoms with Gasteiger partial charge in [-0.3, -0.25) is 4.79 Å². The molecule has 0 fully saturated rings. The number of aryl methyl sites for hydroxylation is 1. The maximum Gasteiger partial charge on any atom is 0.352 e. The summed E-state index contributed by atoms with van der Waals surface area (Å²) in [5.41, 5.74) is 1.49. The molecule has 0 atom stereocenters. The molecule has 0 bridgehead atoms. The van der Waals surface area contributed by atoms with Crippen LogP contribution in [0.4, 0.5) is 5.69 Å². The van der Waals surface area contributed by atoms with Crippen LogP contribution in [0.15, 0.2) is 18.2 Å². The molecular weight excluding hydrogens is 315 g/mol. The molecule has 1 amide bonds. The first kappa shape index (κ1) is 15.4. The van der Waals surface area contributed by atoms with E-state index in [0.29, 0.717) is 22.0 Å². The van der Waals surface area contributed by atoms with Crippen molar-refractivity contribution in [1.29, 1.82) is 0 Å². The number of halogens is 2. The van der Waals surface area contributed by atoms with Gasteiger partial charge in [-0.1, -0.05) is 29.3 Å². The van der Waals surface area contributed by atoms with E-state index in [1.807, 2.05) is 0 Å². The molecule has 2 rings (SSSR count). The third kappa shape index (κ3) is 2.89. The normalized spacial score (nSPS) is 10.5. The predicted molar refractivity (Wildman–Crippen MR) is 81.6 cm³/mol. The summed E-state index contributed by atoms with van der Waals surface area (Å²) in [4.78, 5) is 26.1. The molecule has 0 aliphatic rings. The number of amides is 1. The monoisotopic (exact) mass is 326 g/mol. The number of carboxylic acids is 1. The van der Waals surface area contributed by atoms with Crippen molar-refractivity contribution in [2.75, 3.05) is 5.32 Å². The van der Waals surface area contributed by atoms with Gasteiger partial charge in [-0.15, -0.1) is 0 Å². The molecule has 0 aliphatic carbocycles. The number of carboxylic acid groups (broad SMARTS) is 1. The van der Waals surface area contributed by atoms with Gasteiger partial charge in [0, 0.05) is 5.69 Å². The first-order valence-electron chi connectivity index (χ1n) is 6.00. The number of carbonyl (C=O) groups excluding carboxylic acids is 1. The number of anilines is 1. The second-order valence-corrected chi connectivity index (χ2v) is 5.27. The van der Waals surface area contributed by atoms with Crippen LogP contribution in [-0.4, -0.2) is 22.0 Å². The Balaban J connectivity index is 2.38. The Morgan fingerprint density at radius 3 is 2.48 bits per heavy atom. The van der Waals surface area contributed by atoms with Gasteiger partial charge in [0.1, 0.15) is 5.69 Å². The first-order valence-corrected chi connectivity index (χ1v) is 6.76. The number of rotatable bonds is 3. The van der Waals surface area contributed by atoms with Gasteiger partial charge in [0.15, 0.2) is 0 Å². The van der Waals surface area contributed by atoms with Crippen molar-refractivity contribution in [2.24, 2.45) is 0 Å². The fraction of sp³-hybridized carbons (Fsp3) is 0.143. The Morgan fingerprint density at radius 1 is 1.24 bits per heavy atom. The zero-order valence-corrected chi connectivity index (χ0v) is 12.8. The van der Waals surface area contributed by atoms with E-state index in [9.17, 15) is 9.59 Å². The maximum atomic E-state index is 12.3. The van der Waals surface area contributed by atoms with Crippen LogP contribution in [-0.2, 0) is 0 Å². The minimum Gasteiger partial charge on any atom is -0.477 e. The van der Waals surface area contributed by atoms with Crippen LogP contribution in [0.2, 0.25) is 10.0 Å². The van der Waals surface area contributed by atoms with Crippen molar-refractivity contribution >= 4 is 40.8 Å². The lowest BCUT2D eigenvalue weighted by atomic mass is 10.1. The molecule has 0 saturated heterocycles. The second kappa shape index (κ2) is 5.79. The quantitative estimate of drug-likeness (QED) is 0.800. The molecule has 0 saturated carbocycles. The summed E-state index contributed by atoms with van der Waals surface area (Å²) in [7, 11) is 0. The van der Waals surface area contributed by atoms with Gasteiger partial charge < -0.3 is 15.4 Å². The van der Waals surface area contributed by atoms with Crippen LogP contribution in [0.3, 0.4) is 0 Å². The molecule has 7 heteroatoms. The van der Waals surface area contributed by atoms with E-state index in [2.05, 4.69) is 10.3 Å². The van der Waals surface area contributed by atoms with E-state index < -0.39 is 11.9 Å². The summed E-state index contributed by atoms with van der Waals surface area (Å²) in [6.07, 6.45) is 0. The number of benzene rings is 1. The highest BCUT2D eigenvalue weighted by atomic mass is 35.5. The molecule has 1 aromatic carbocycles. The number of H-pyrrole nitrogens is 1. The molecule has 2 aromatic rings. The van der Waals surface area contributed by atoms with Gasteiger partial charge in [-0.05, 0) is 31.5 Å². The topological polar surface area (TPSA) is 82.2 Å². The lowest BCUT2D eigenvalue weighted by Crippen LogP contribution is -2.14. The van der Waals surface area contributed by atoms with Crippen LogP contribution in [0.1, 0.15) is 32.1 Å². The second-order valence-electron chi connectivity index (χ2n) is 4.49. The minimum absolute atomic E-state index is 0.00478. The van der Waals surface area contributed by atoms with Crippen LogP contribution < -0.4 is 5.32 Å². The highest BCUT2D eigenvalue weighted by Gasteiger charge is 2.22. The van der Waals surface area contributed by atoms with Crippen molar-refractivity contribution in [3.63, 3.8) is 0 Å². The van der Waals surface area contributed by atoms with Crippen molar-refractivity contribution in [2.45, 2.75) is 13.8 Å². The number of hydrogen-bond donors (Lipinski definition) is 3. The molecule has 21 heavy (non-hydrogen) atoms. The summed E-state index contributed by atoms with van der Waals surface area (Å²) >= 11 is 11.9. The van der Waals surface area contributed by atoms with E-state index >= 15 is 0 Å². The van der Waals surface area contributed by atoms with Gasteiger partial charge >= 0.3 is 5.97 Å². The zero-order valence-electron chi connectivity index (χ0n) is 11.3. The summed E-state index contributed by atoms with van der Waals surface area (Å²) < 4.78 is 0. The lowest BCUT2D eigenvalue weighted by molar-refractivity contribution is 0.0690. The number of aromatic carboxylic acids is 1. The third-order valence-corrected chi connectivity index (χ3v) is 3.90. The van der Waals surface area contributed by atoms with Crippen LogP contribution in [0.5, 0.6) is 0 Å². The molecule has 110 valence electrons. The van der Waals surface area contributed by atoms with Crippen LogP contribution in [0, 0.1) is 13.8 Å². The van der Waals surface area contributed by atoms with E-state index in [1.54, 1.807) is 32.0 Å². The number of nitrogens with one attached hydrogen (secondary N) is 2. The van der Waals surface area contributed by atoms with Gasteiger partial charge in [0.05, 0.1) is 21.3 Å². The number of hydrogen-bond acceptors (Lipinski definition) is 2. The number of aromatic nitrogens is 1. The first-order chi connectivity index (χ1) is 9.82. The molecule has 0 aliphatic heterocycles. The van der Waals surface area contributed by atoms with Crippen LogP contribution in [0.25, 0.3) is 0 Å². The molecule has 5 nitrogen and oxygen atoms in total. The molecule has 0 radical (unpaired) electrons. The van der Waals surface area contributed by atoms with Crippen molar-refractivity contribution in [3.05, 3.63) is 50.8 Å². The summed E-state index contributed by atoms with van der Waals surface area (Å²) in [6.45, 7) is 3.20. The summed E-state index contributed by atoms with van der Waals surface area (Å²) in [5.74, 6) is -1.56. The largest absolute Gasteiger partial charge is 0.477 e. The molecule has 1 heterocycles. The Labute approximate surface area is 130 Å². The maximum absolute atomic E-state index is 12.3. The van der Waals surface area contributed by atoms with Gasteiger partial charge in [-0.25, -0.2) is 4.79 Å². The SMILES string of the molecule is Cc1[nH]c(C(=O)O)c(C)c1C(=O)Nc1cccc(Cl)c1Cl. The fourth-order valence-corrected chi connectivity index (χ4v) is 2.44. The molecule has 3 N–H and O–H groups in total. The van der Waals surface area contributed by atoms with Crippen molar-refractivity contribution < 1.29 is 14.7 Å². The van der Waals surface area contributed by atoms with E-state index in [4.69, 9.17) is 28.3 Å². The molecule has 0 unspecified atom stereocenters. The molecular formula is C14H12Cl2N2O3. The van der Waals surface area contributed by atoms with Gasteiger partial charge in [0.25, 0.3) is 5.91 Å². The zero-order chi connectivity index (χ0) is 15.7. The minimum atomic E-state index is -1.12. The Bertz CT molecular complexity index is 738. The summed E-state index contributed by atoms with van der Waals surface area (Å²) in [6, 6.07) is 4.87. The number of aromatic amines is 1. The third-order valence-electron chi connectivity index (χ3n) is 3.08.